The Labute approximate surface area is 169 Å². The van der Waals surface area contributed by atoms with Crippen molar-refractivity contribution in [2.75, 3.05) is 13.2 Å². The summed E-state index contributed by atoms with van der Waals surface area (Å²) < 4.78 is 21.2. The van der Waals surface area contributed by atoms with Crippen LogP contribution < -0.4 is 0 Å². The van der Waals surface area contributed by atoms with E-state index < -0.39 is 42.0 Å². The highest BCUT2D eigenvalue weighted by molar-refractivity contribution is 5.91. The molecule has 1 saturated heterocycles. The van der Waals surface area contributed by atoms with Gasteiger partial charge >= 0.3 is 23.9 Å². The maximum atomic E-state index is 12.2. The van der Waals surface area contributed by atoms with Crippen LogP contribution in [0.3, 0.4) is 0 Å². The van der Waals surface area contributed by atoms with Crippen molar-refractivity contribution in [1.29, 1.82) is 0 Å². The lowest BCUT2D eigenvalue weighted by atomic mass is 9.85. The molecule has 158 valence electrons. The van der Waals surface area contributed by atoms with Gasteiger partial charge in [0, 0.05) is 32.8 Å². The summed E-state index contributed by atoms with van der Waals surface area (Å²) in [6, 6.07) is 0. The molecule has 0 bridgehead atoms. The van der Waals surface area contributed by atoms with Crippen molar-refractivity contribution < 1.29 is 38.1 Å². The van der Waals surface area contributed by atoms with Crippen molar-refractivity contribution >= 4 is 23.9 Å². The monoisotopic (exact) mass is 406 g/mol. The molecule has 0 unspecified atom stereocenters. The number of fused-ring (bicyclic) bond motifs is 1. The third-order valence-electron chi connectivity index (χ3n) is 4.66. The van der Waals surface area contributed by atoms with Crippen LogP contribution in [0.15, 0.2) is 35.5 Å². The molecule has 0 aromatic rings. The molecule has 0 amide bonds. The van der Waals surface area contributed by atoms with Crippen molar-refractivity contribution in [2.45, 2.75) is 52.2 Å². The Morgan fingerprint density at radius 1 is 1.07 bits per heavy atom. The Balaban J connectivity index is 2.39. The van der Waals surface area contributed by atoms with Crippen molar-refractivity contribution in [3.8, 4) is 0 Å². The SMILES string of the molecule is C=C1C(=O)O[C@@H]2/C=C(\COC(C)=O)CC/C=C(\COC(C)=O)C[C@H](OC(C)=O)[C@@H]12. The van der Waals surface area contributed by atoms with Crippen LogP contribution in [0.25, 0.3) is 0 Å². The van der Waals surface area contributed by atoms with E-state index in [0.717, 1.165) is 11.1 Å². The van der Waals surface area contributed by atoms with Gasteiger partial charge in [-0.3, -0.25) is 14.4 Å². The average Bonchev–Trinajstić information content (AvgIpc) is 2.89. The molecule has 1 aliphatic carbocycles. The first-order valence-corrected chi connectivity index (χ1v) is 9.38. The lowest BCUT2D eigenvalue weighted by Gasteiger charge is -2.27. The first kappa shape index (κ1) is 22.4. The van der Waals surface area contributed by atoms with Crippen molar-refractivity contribution in [1.82, 2.24) is 0 Å². The Kier molecular flexibility index (Phi) is 7.75. The maximum Gasteiger partial charge on any atom is 0.334 e. The number of allylic oxidation sites excluding steroid dienone is 1. The summed E-state index contributed by atoms with van der Waals surface area (Å²) in [6.07, 6.45) is 3.65. The Hall–Kier alpha value is -2.90. The molecule has 1 heterocycles. The van der Waals surface area contributed by atoms with E-state index in [9.17, 15) is 19.2 Å². The molecule has 3 atom stereocenters. The number of ether oxygens (including phenoxy) is 4. The number of esters is 4. The minimum Gasteiger partial charge on any atom is -0.461 e. The lowest BCUT2D eigenvalue weighted by Crippen LogP contribution is -2.33. The molecular formula is C21H26O8. The zero-order chi connectivity index (χ0) is 21.6. The first-order chi connectivity index (χ1) is 13.7. The van der Waals surface area contributed by atoms with Gasteiger partial charge < -0.3 is 18.9 Å². The van der Waals surface area contributed by atoms with Gasteiger partial charge in [-0.15, -0.1) is 0 Å². The molecule has 0 saturated carbocycles. The number of hydrogen-bond donors (Lipinski definition) is 0. The average molecular weight is 406 g/mol. The molecule has 0 aromatic heterocycles. The Bertz CT molecular complexity index is 761. The van der Waals surface area contributed by atoms with Crippen LogP contribution in [0, 0.1) is 5.92 Å². The summed E-state index contributed by atoms with van der Waals surface area (Å²) >= 11 is 0. The van der Waals surface area contributed by atoms with Crippen LogP contribution in [0.2, 0.25) is 0 Å². The molecule has 1 aliphatic heterocycles. The van der Waals surface area contributed by atoms with Crippen molar-refractivity contribution in [3.05, 3.63) is 35.5 Å². The summed E-state index contributed by atoms with van der Waals surface area (Å²) in [7, 11) is 0. The molecule has 0 radical (unpaired) electrons. The second-order valence-electron chi connectivity index (χ2n) is 7.06. The molecular weight excluding hydrogens is 380 g/mol. The summed E-state index contributed by atoms with van der Waals surface area (Å²) in [5.41, 5.74) is 1.73. The van der Waals surface area contributed by atoms with Gasteiger partial charge in [0.1, 0.15) is 25.4 Å². The second kappa shape index (κ2) is 10.0. The van der Waals surface area contributed by atoms with Gasteiger partial charge in [0.25, 0.3) is 0 Å². The van der Waals surface area contributed by atoms with Crippen LogP contribution in [-0.4, -0.2) is 49.3 Å². The van der Waals surface area contributed by atoms with E-state index in [1.165, 1.54) is 20.8 Å². The third-order valence-corrected chi connectivity index (χ3v) is 4.66. The van der Waals surface area contributed by atoms with Crippen LogP contribution in [0.1, 0.15) is 40.0 Å². The standard InChI is InChI=1S/C21H26O8/c1-12-20-18(28-15(4)24)8-16(10-26-13(2)22)6-5-7-17(11-27-14(3)23)9-19(20)29-21(12)25/h6,9,18-20H,1,5,7-8,10-11H2,2-4H3/b16-6-,17-9-/t18-,19+,20+/m0/s1. The zero-order valence-electron chi connectivity index (χ0n) is 16.9. The number of rotatable bonds is 5. The van der Waals surface area contributed by atoms with Crippen LogP contribution in [0.5, 0.6) is 0 Å². The number of carbonyl (C=O) groups is 4. The minimum absolute atomic E-state index is 0.0504. The van der Waals surface area contributed by atoms with Crippen LogP contribution in [-0.2, 0) is 38.1 Å². The van der Waals surface area contributed by atoms with Gasteiger partial charge in [-0.25, -0.2) is 4.79 Å². The normalized spacial score (nSPS) is 28.0. The molecule has 8 nitrogen and oxygen atoms in total. The Morgan fingerprint density at radius 3 is 2.28 bits per heavy atom. The molecule has 2 aliphatic rings. The number of hydrogen-bond acceptors (Lipinski definition) is 8. The van der Waals surface area contributed by atoms with Crippen molar-refractivity contribution in [2.24, 2.45) is 5.92 Å². The van der Waals surface area contributed by atoms with Crippen LogP contribution in [0.4, 0.5) is 0 Å². The van der Waals surface area contributed by atoms with E-state index in [-0.39, 0.29) is 25.2 Å². The highest BCUT2D eigenvalue weighted by Crippen LogP contribution is 2.36. The largest absolute Gasteiger partial charge is 0.461 e. The van der Waals surface area contributed by atoms with Gasteiger partial charge in [-0.1, -0.05) is 12.7 Å². The fourth-order valence-electron chi connectivity index (χ4n) is 3.38. The molecule has 1 fully saturated rings. The van der Waals surface area contributed by atoms with Crippen LogP contribution >= 0.6 is 0 Å². The second-order valence-corrected chi connectivity index (χ2v) is 7.06. The topological polar surface area (TPSA) is 105 Å². The number of carbonyl (C=O) groups excluding carboxylic acids is 4. The van der Waals surface area contributed by atoms with E-state index in [1.54, 1.807) is 6.08 Å². The molecule has 0 spiro atoms. The van der Waals surface area contributed by atoms with Gasteiger partial charge in [0.2, 0.25) is 0 Å². The first-order valence-electron chi connectivity index (χ1n) is 9.38. The third kappa shape index (κ3) is 6.58. The summed E-state index contributed by atoms with van der Waals surface area (Å²) in [6.45, 7) is 7.84. The van der Waals surface area contributed by atoms with E-state index in [0.29, 0.717) is 12.8 Å². The highest BCUT2D eigenvalue weighted by Gasteiger charge is 2.44. The fraction of sp³-hybridized carbons (Fsp3) is 0.524. The summed E-state index contributed by atoms with van der Waals surface area (Å²) in [4.78, 5) is 46.3. The summed E-state index contributed by atoms with van der Waals surface area (Å²) in [5, 5.41) is 0. The lowest BCUT2D eigenvalue weighted by molar-refractivity contribution is -0.150. The van der Waals surface area contributed by atoms with Gasteiger partial charge in [-0.05, 0) is 30.1 Å². The maximum absolute atomic E-state index is 12.2. The molecule has 0 aromatic carbocycles. The quantitative estimate of drug-likeness (QED) is 0.296. The van der Waals surface area contributed by atoms with Crippen molar-refractivity contribution in [3.63, 3.8) is 0 Å². The smallest absolute Gasteiger partial charge is 0.334 e. The fourth-order valence-corrected chi connectivity index (χ4v) is 3.38. The predicted octanol–water partition coefficient (Wildman–Crippen LogP) is 2.18. The summed E-state index contributed by atoms with van der Waals surface area (Å²) in [5.74, 6) is -2.52. The van der Waals surface area contributed by atoms with E-state index in [2.05, 4.69) is 6.58 Å². The Morgan fingerprint density at radius 2 is 1.69 bits per heavy atom. The molecule has 0 N–H and O–H groups in total. The van der Waals surface area contributed by atoms with E-state index >= 15 is 0 Å². The predicted molar refractivity (Wildman–Crippen MR) is 101 cm³/mol. The zero-order valence-corrected chi connectivity index (χ0v) is 16.9. The van der Waals surface area contributed by atoms with Gasteiger partial charge in [0.05, 0.1) is 5.92 Å². The van der Waals surface area contributed by atoms with Gasteiger partial charge in [0.15, 0.2) is 0 Å². The van der Waals surface area contributed by atoms with E-state index in [1.807, 2.05) is 6.08 Å². The minimum atomic E-state index is -0.720. The molecule has 29 heavy (non-hydrogen) atoms. The molecule has 8 heteroatoms. The highest BCUT2D eigenvalue weighted by atomic mass is 16.6. The van der Waals surface area contributed by atoms with Gasteiger partial charge in [-0.2, -0.15) is 0 Å². The molecule has 2 rings (SSSR count). The van der Waals surface area contributed by atoms with E-state index in [4.69, 9.17) is 18.9 Å².